The van der Waals surface area contributed by atoms with Gasteiger partial charge < -0.3 is 10.8 Å². The zero-order valence-electron chi connectivity index (χ0n) is 15.5. The van der Waals surface area contributed by atoms with Crippen LogP contribution in [0.15, 0.2) is 53.6 Å². The normalized spacial score (nSPS) is 28.7. The number of allylic oxidation sites excluding steroid dienone is 3. The predicted octanol–water partition coefficient (Wildman–Crippen LogP) is 2.72. The highest BCUT2D eigenvalue weighted by Crippen LogP contribution is 2.42. The largest absolute Gasteiger partial charge is 0.395 e. The smallest absolute Gasteiger partial charge is 0.231 e. The van der Waals surface area contributed by atoms with Gasteiger partial charge in [-0.05, 0) is 37.3 Å². The summed E-state index contributed by atoms with van der Waals surface area (Å²) in [5.74, 6) is 0.257. The first-order valence-corrected chi connectivity index (χ1v) is 9.03. The number of guanidine groups is 1. The van der Waals surface area contributed by atoms with E-state index in [4.69, 9.17) is 5.73 Å². The van der Waals surface area contributed by atoms with Gasteiger partial charge in [-0.1, -0.05) is 48.6 Å². The van der Waals surface area contributed by atoms with Crippen LogP contribution in [0.3, 0.4) is 0 Å². The van der Waals surface area contributed by atoms with Gasteiger partial charge in [-0.15, -0.1) is 0 Å². The maximum absolute atomic E-state index is 12.2. The average molecular weight is 353 g/mol. The summed E-state index contributed by atoms with van der Waals surface area (Å²) in [6.45, 7) is 2.03. The molecule has 2 atom stereocenters. The van der Waals surface area contributed by atoms with Gasteiger partial charge in [0.25, 0.3) is 0 Å². The first-order valence-electron chi connectivity index (χ1n) is 9.03. The molecular formula is C21H27N3O2. The quantitative estimate of drug-likeness (QED) is 0.854. The third-order valence-corrected chi connectivity index (χ3v) is 5.54. The minimum Gasteiger partial charge on any atom is -0.395 e. The molecule has 0 fully saturated rings. The van der Waals surface area contributed by atoms with Crippen LogP contribution in [-0.4, -0.2) is 41.1 Å². The SMILES string of the molecule is CN1C(=O)CC(C)(CCC2(CO)C=CC=C(c3ccccc3)C2)N=C1N. The minimum atomic E-state index is -0.516. The van der Waals surface area contributed by atoms with Crippen LogP contribution in [0.4, 0.5) is 0 Å². The maximum Gasteiger partial charge on any atom is 0.231 e. The van der Waals surface area contributed by atoms with Crippen molar-refractivity contribution in [3.8, 4) is 0 Å². The topological polar surface area (TPSA) is 78.9 Å². The van der Waals surface area contributed by atoms with Crippen molar-refractivity contribution in [2.24, 2.45) is 16.1 Å². The molecule has 5 heteroatoms. The lowest BCUT2D eigenvalue weighted by Crippen LogP contribution is -2.49. The molecule has 1 heterocycles. The number of aliphatic hydroxyl groups excluding tert-OH is 1. The molecule has 1 aromatic carbocycles. The van der Waals surface area contributed by atoms with Crippen LogP contribution in [0, 0.1) is 5.41 Å². The van der Waals surface area contributed by atoms with Crippen molar-refractivity contribution in [3.63, 3.8) is 0 Å². The fraction of sp³-hybridized carbons (Fsp3) is 0.429. The molecule has 5 nitrogen and oxygen atoms in total. The van der Waals surface area contributed by atoms with E-state index in [1.54, 1.807) is 7.05 Å². The number of amides is 1. The van der Waals surface area contributed by atoms with E-state index in [9.17, 15) is 9.90 Å². The number of rotatable bonds is 5. The number of aliphatic hydroxyl groups is 1. The number of hydrogen-bond acceptors (Lipinski definition) is 4. The Morgan fingerprint density at radius 1 is 1.23 bits per heavy atom. The summed E-state index contributed by atoms with van der Waals surface area (Å²) >= 11 is 0. The van der Waals surface area contributed by atoms with E-state index in [0.717, 1.165) is 12.8 Å². The summed E-state index contributed by atoms with van der Waals surface area (Å²) in [5, 5.41) is 10.2. The van der Waals surface area contributed by atoms with Gasteiger partial charge in [0.15, 0.2) is 5.96 Å². The summed E-state index contributed by atoms with van der Waals surface area (Å²) in [6.07, 6.45) is 8.79. The van der Waals surface area contributed by atoms with E-state index in [2.05, 4.69) is 29.3 Å². The third kappa shape index (κ3) is 3.73. The fourth-order valence-electron chi connectivity index (χ4n) is 3.70. The lowest BCUT2D eigenvalue weighted by atomic mass is 9.72. The Morgan fingerprint density at radius 3 is 2.62 bits per heavy atom. The van der Waals surface area contributed by atoms with Crippen LogP contribution < -0.4 is 5.73 Å². The monoisotopic (exact) mass is 353 g/mol. The molecule has 1 aliphatic carbocycles. The Hall–Kier alpha value is -2.40. The van der Waals surface area contributed by atoms with Gasteiger partial charge in [0.2, 0.25) is 5.91 Å². The van der Waals surface area contributed by atoms with Gasteiger partial charge in [-0.2, -0.15) is 0 Å². The Morgan fingerprint density at radius 2 is 1.96 bits per heavy atom. The van der Waals surface area contributed by atoms with Crippen molar-refractivity contribution in [1.82, 2.24) is 4.90 Å². The van der Waals surface area contributed by atoms with Crippen LogP contribution in [0.2, 0.25) is 0 Å². The summed E-state index contributed by atoms with van der Waals surface area (Å²) in [7, 11) is 1.65. The van der Waals surface area contributed by atoms with Crippen molar-refractivity contribution < 1.29 is 9.90 Å². The van der Waals surface area contributed by atoms with E-state index < -0.39 is 5.54 Å². The molecule has 1 aliphatic heterocycles. The number of nitrogens with two attached hydrogens (primary N) is 1. The third-order valence-electron chi connectivity index (χ3n) is 5.54. The number of nitrogens with zero attached hydrogens (tertiary/aromatic N) is 2. The fourth-order valence-corrected chi connectivity index (χ4v) is 3.70. The van der Waals surface area contributed by atoms with Crippen molar-refractivity contribution >= 4 is 17.4 Å². The van der Waals surface area contributed by atoms with Crippen molar-refractivity contribution in [2.45, 2.75) is 38.1 Å². The van der Waals surface area contributed by atoms with Crippen molar-refractivity contribution in [3.05, 3.63) is 54.1 Å². The molecule has 2 aliphatic rings. The van der Waals surface area contributed by atoms with E-state index in [0.29, 0.717) is 12.8 Å². The Labute approximate surface area is 154 Å². The number of aliphatic imine (C=N–C) groups is 1. The highest BCUT2D eigenvalue weighted by molar-refractivity contribution is 5.98. The Balaban J connectivity index is 1.75. The molecule has 0 saturated carbocycles. The lowest BCUT2D eigenvalue weighted by molar-refractivity contribution is -0.128. The van der Waals surface area contributed by atoms with Crippen LogP contribution >= 0.6 is 0 Å². The number of benzene rings is 1. The average Bonchev–Trinajstić information content (AvgIpc) is 2.65. The first-order chi connectivity index (χ1) is 12.4. The van der Waals surface area contributed by atoms with Crippen LogP contribution in [0.1, 0.15) is 38.2 Å². The summed E-state index contributed by atoms with van der Waals surface area (Å²) < 4.78 is 0. The molecule has 3 N–H and O–H groups in total. The number of carbonyl (C=O) groups is 1. The van der Waals surface area contributed by atoms with E-state index in [1.807, 2.05) is 31.2 Å². The Bertz CT molecular complexity index is 769. The highest BCUT2D eigenvalue weighted by Gasteiger charge is 2.38. The summed E-state index contributed by atoms with van der Waals surface area (Å²) in [6, 6.07) is 10.2. The molecule has 1 amide bonds. The van der Waals surface area contributed by atoms with Crippen molar-refractivity contribution in [1.29, 1.82) is 0 Å². The summed E-state index contributed by atoms with van der Waals surface area (Å²) in [5.41, 5.74) is 7.45. The second kappa shape index (κ2) is 7.08. The van der Waals surface area contributed by atoms with Gasteiger partial charge in [0.1, 0.15) is 0 Å². The van der Waals surface area contributed by atoms with Crippen LogP contribution in [0.5, 0.6) is 0 Å². The molecule has 138 valence electrons. The molecule has 0 spiro atoms. The molecule has 3 rings (SSSR count). The van der Waals surface area contributed by atoms with E-state index >= 15 is 0 Å². The highest BCUT2D eigenvalue weighted by atomic mass is 16.3. The second-order valence-corrected chi connectivity index (χ2v) is 7.71. The molecule has 0 aromatic heterocycles. The Kier molecular flexibility index (Phi) is 5.01. The van der Waals surface area contributed by atoms with Gasteiger partial charge in [0, 0.05) is 12.5 Å². The lowest BCUT2D eigenvalue weighted by Gasteiger charge is -2.38. The van der Waals surface area contributed by atoms with Crippen LogP contribution in [0.25, 0.3) is 5.57 Å². The van der Waals surface area contributed by atoms with Gasteiger partial charge in [-0.3, -0.25) is 9.69 Å². The second-order valence-electron chi connectivity index (χ2n) is 7.71. The molecular weight excluding hydrogens is 326 g/mol. The molecule has 2 unspecified atom stereocenters. The first kappa shape index (κ1) is 18.4. The van der Waals surface area contributed by atoms with Gasteiger partial charge in [0.05, 0.1) is 18.6 Å². The van der Waals surface area contributed by atoms with E-state index in [1.165, 1.54) is 16.0 Å². The number of carbonyl (C=O) groups excluding carboxylic acids is 1. The molecule has 0 radical (unpaired) electrons. The zero-order valence-corrected chi connectivity index (χ0v) is 15.5. The standard InChI is InChI=1S/C21H27N3O2/c1-20(14-18(26)24(2)19(22)23-20)11-12-21(15-25)10-6-9-17(13-21)16-7-4-3-5-8-16/h3-10,25H,11-15H2,1-2H3,(H2,22,23). The van der Waals surface area contributed by atoms with Crippen LogP contribution in [-0.2, 0) is 4.79 Å². The van der Waals surface area contributed by atoms with E-state index in [-0.39, 0.29) is 23.9 Å². The zero-order chi connectivity index (χ0) is 18.8. The van der Waals surface area contributed by atoms with Gasteiger partial charge >= 0.3 is 0 Å². The van der Waals surface area contributed by atoms with Gasteiger partial charge in [-0.25, -0.2) is 4.99 Å². The minimum absolute atomic E-state index is 0.0119. The molecule has 0 saturated heterocycles. The molecule has 26 heavy (non-hydrogen) atoms. The molecule has 0 bridgehead atoms. The maximum atomic E-state index is 12.2. The van der Waals surface area contributed by atoms with Crippen molar-refractivity contribution in [2.75, 3.05) is 13.7 Å². The molecule has 1 aromatic rings. The number of hydrogen-bond donors (Lipinski definition) is 2. The summed E-state index contributed by atoms with van der Waals surface area (Å²) in [4.78, 5) is 18.1. The predicted molar refractivity (Wildman–Crippen MR) is 104 cm³/mol.